The fraction of sp³-hybridized carbons (Fsp3) is 0.929. The number of hydrogen-bond acceptors (Lipinski definition) is 3. The van der Waals surface area contributed by atoms with Crippen molar-refractivity contribution in [2.45, 2.75) is 68.2 Å². The fourth-order valence-corrected chi connectivity index (χ4v) is 5.74. The van der Waals surface area contributed by atoms with Gasteiger partial charge in [0.1, 0.15) is 0 Å². The molecule has 2 aliphatic carbocycles. The zero-order chi connectivity index (χ0) is 12.4. The van der Waals surface area contributed by atoms with Crippen molar-refractivity contribution in [1.29, 1.82) is 0 Å². The number of nitrogens with zero attached hydrogens (tertiary/aromatic N) is 1. The molecule has 2 unspecified atom stereocenters. The molecule has 0 amide bonds. The average molecular weight is 284 g/mol. The van der Waals surface area contributed by atoms with Crippen LogP contribution in [0.25, 0.3) is 0 Å². The van der Waals surface area contributed by atoms with Crippen LogP contribution < -0.4 is 5.32 Å². The Hall–Kier alpha value is 0.170. The molecular formula is C14H24N2S2. The van der Waals surface area contributed by atoms with Gasteiger partial charge in [0.05, 0.1) is 6.04 Å². The largest absolute Gasteiger partial charge is 0.359 e. The molecule has 1 N–H and O–H groups in total. The highest BCUT2D eigenvalue weighted by atomic mass is 32.2. The van der Waals surface area contributed by atoms with Crippen molar-refractivity contribution in [3.05, 3.63) is 0 Å². The first-order valence-corrected chi connectivity index (χ1v) is 9.60. The van der Waals surface area contributed by atoms with Crippen molar-refractivity contribution < 1.29 is 0 Å². The Balaban J connectivity index is 1.64. The van der Waals surface area contributed by atoms with E-state index in [0.29, 0.717) is 11.6 Å². The van der Waals surface area contributed by atoms with Crippen LogP contribution in [-0.4, -0.2) is 34.0 Å². The van der Waals surface area contributed by atoms with E-state index in [4.69, 9.17) is 4.99 Å². The molecule has 1 saturated heterocycles. The molecular weight excluding hydrogens is 260 g/mol. The summed E-state index contributed by atoms with van der Waals surface area (Å²) in [6.07, 6.45) is 13.2. The van der Waals surface area contributed by atoms with Crippen LogP contribution in [0.3, 0.4) is 0 Å². The van der Waals surface area contributed by atoms with Crippen LogP contribution in [0.15, 0.2) is 4.99 Å². The Labute approximate surface area is 119 Å². The lowest BCUT2D eigenvalue weighted by Crippen LogP contribution is -2.45. The van der Waals surface area contributed by atoms with Crippen molar-refractivity contribution in [2.24, 2.45) is 4.99 Å². The fourth-order valence-electron chi connectivity index (χ4n) is 3.55. The Morgan fingerprint density at radius 2 is 2.06 bits per heavy atom. The van der Waals surface area contributed by atoms with E-state index >= 15 is 0 Å². The summed E-state index contributed by atoms with van der Waals surface area (Å²) in [6, 6.07) is 0.578. The standard InChI is InChI=1S/C14H24N2S2/c1-17-12-7-5-6-11(12)15-13-16-14(10-18-13)8-3-2-4-9-14/h11-12H,2-10H2,1H3,(H,15,16). The van der Waals surface area contributed by atoms with E-state index in [1.165, 1.54) is 62.3 Å². The number of rotatable bonds is 2. The van der Waals surface area contributed by atoms with E-state index in [1.807, 2.05) is 23.5 Å². The lowest BCUT2D eigenvalue weighted by Gasteiger charge is -2.32. The van der Waals surface area contributed by atoms with Gasteiger partial charge in [-0.1, -0.05) is 37.4 Å². The van der Waals surface area contributed by atoms with Crippen LogP contribution in [0.2, 0.25) is 0 Å². The van der Waals surface area contributed by atoms with Gasteiger partial charge in [0.2, 0.25) is 0 Å². The van der Waals surface area contributed by atoms with Crippen LogP contribution >= 0.6 is 23.5 Å². The molecule has 1 aliphatic heterocycles. The van der Waals surface area contributed by atoms with Crippen molar-refractivity contribution in [3.8, 4) is 0 Å². The van der Waals surface area contributed by atoms with Gasteiger partial charge in [0.25, 0.3) is 0 Å². The molecule has 0 aromatic carbocycles. The van der Waals surface area contributed by atoms with Crippen LogP contribution in [0, 0.1) is 0 Å². The van der Waals surface area contributed by atoms with Crippen molar-refractivity contribution in [3.63, 3.8) is 0 Å². The third-order valence-electron chi connectivity index (χ3n) is 4.67. The van der Waals surface area contributed by atoms with E-state index in [-0.39, 0.29) is 0 Å². The molecule has 1 spiro atoms. The maximum Gasteiger partial charge on any atom is 0.157 e. The normalized spacial score (nSPS) is 37.3. The molecule has 102 valence electrons. The molecule has 2 nitrogen and oxygen atoms in total. The summed E-state index contributed by atoms with van der Waals surface area (Å²) in [7, 11) is 0. The molecule has 0 aromatic heterocycles. The lowest BCUT2D eigenvalue weighted by atomic mass is 9.83. The molecule has 2 saturated carbocycles. The van der Waals surface area contributed by atoms with Gasteiger partial charge in [0, 0.05) is 16.5 Å². The van der Waals surface area contributed by atoms with Gasteiger partial charge < -0.3 is 5.32 Å². The van der Waals surface area contributed by atoms with Crippen LogP contribution in [0.5, 0.6) is 0 Å². The number of amidine groups is 1. The van der Waals surface area contributed by atoms with Gasteiger partial charge in [-0.2, -0.15) is 11.8 Å². The van der Waals surface area contributed by atoms with Crippen LogP contribution in [0.4, 0.5) is 0 Å². The Bertz CT molecular complexity index is 324. The SMILES string of the molecule is CSC1CCCC1N=C1NC2(CCCCC2)CS1. The zero-order valence-corrected chi connectivity index (χ0v) is 12.9. The van der Waals surface area contributed by atoms with Gasteiger partial charge in [-0.15, -0.1) is 0 Å². The summed E-state index contributed by atoms with van der Waals surface area (Å²) in [6.45, 7) is 0. The lowest BCUT2D eigenvalue weighted by molar-refractivity contribution is 0.303. The van der Waals surface area contributed by atoms with Crippen LogP contribution in [0.1, 0.15) is 51.4 Å². The second-order valence-electron chi connectivity index (χ2n) is 5.96. The smallest absolute Gasteiger partial charge is 0.157 e. The molecule has 0 aromatic rings. The molecule has 1 heterocycles. The number of hydrogen-bond donors (Lipinski definition) is 1. The van der Waals surface area contributed by atoms with Gasteiger partial charge in [-0.25, -0.2) is 0 Å². The van der Waals surface area contributed by atoms with E-state index in [1.54, 1.807) is 0 Å². The molecule has 3 aliphatic rings. The van der Waals surface area contributed by atoms with Gasteiger partial charge >= 0.3 is 0 Å². The number of thioether (sulfide) groups is 2. The van der Waals surface area contributed by atoms with Crippen molar-refractivity contribution in [2.75, 3.05) is 12.0 Å². The molecule has 3 rings (SSSR count). The molecule has 4 heteroatoms. The first-order valence-electron chi connectivity index (χ1n) is 7.33. The second-order valence-corrected chi connectivity index (χ2v) is 8.00. The highest BCUT2D eigenvalue weighted by Crippen LogP contribution is 2.37. The first kappa shape index (κ1) is 13.2. The van der Waals surface area contributed by atoms with Crippen molar-refractivity contribution in [1.82, 2.24) is 5.32 Å². The second kappa shape index (κ2) is 5.66. The maximum absolute atomic E-state index is 5.02. The number of nitrogens with one attached hydrogen (secondary N) is 1. The summed E-state index contributed by atoms with van der Waals surface area (Å²) >= 11 is 3.98. The minimum atomic E-state index is 0.412. The predicted molar refractivity (Wildman–Crippen MR) is 83.8 cm³/mol. The van der Waals surface area contributed by atoms with E-state index < -0.39 is 0 Å². The summed E-state index contributed by atoms with van der Waals surface area (Å²) < 4.78 is 0. The number of aliphatic imine (C=N–C) groups is 1. The summed E-state index contributed by atoms with van der Waals surface area (Å²) in [4.78, 5) is 5.02. The zero-order valence-electron chi connectivity index (χ0n) is 11.3. The van der Waals surface area contributed by atoms with Gasteiger partial charge in [-0.3, -0.25) is 4.99 Å². The highest BCUT2D eigenvalue weighted by molar-refractivity contribution is 8.14. The summed E-state index contributed by atoms with van der Waals surface area (Å²) in [5, 5.41) is 5.80. The van der Waals surface area contributed by atoms with E-state index in [2.05, 4.69) is 11.6 Å². The Morgan fingerprint density at radius 3 is 2.83 bits per heavy atom. The first-order chi connectivity index (χ1) is 8.81. The topological polar surface area (TPSA) is 24.4 Å². The Kier molecular flexibility index (Phi) is 4.14. The molecule has 18 heavy (non-hydrogen) atoms. The third kappa shape index (κ3) is 2.69. The summed E-state index contributed by atoms with van der Waals surface area (Å²) in [5.41, 5.74) is 0.412. The Morgan fingerprint density at radius 1 is 1.22 bits per heavy atom. The minimum Gasteiger partial charge on any atom is -0.359 e. The molecule has 3 fully saturated rings. The van der Waals surface area contributed by atoms with E-state index in [9.17, 15) is 0 Å². The quantitative estimate of drug-likeness (QED) is 0.837. The van der Waals surface area contributed by atoms with Crippen molar-refractivity contribution >= 4 is 28.7 Å². The highest BCUT2D eigenvalue weighted by Gasteiger charge is 2.38. The predicted octanol–water partition coefficient (Wildman–Crippen LogP) is 3.67. The van der Waals surface area contributed by atoms with E-state index in [0.717, 1.165) is 5.25 Å². The summed E-state index contributed by atoms with van der Waals surface area (Å²) in [5.74, 6) is 1.25. The molecule has 0 bridgehead atoms. The van der Waals surface area contributed by atoms with Gasteiger partial charge in [-0.05, 0) is 31.9 Å². The molecule has 2 atom stereocenters. The molecule has 0 radical (unpaired) electrons. The monoisotopic (exact) mass is 284 g/mol. The van der Waals surface area contributed by atoms with Gasteiger partial charge in [0.15, 0.2) is 5.17 Å². The average Bonchev–Trinajstić information content (AvgIpc) is 2.99. The van der Waals surface area contributed by atoms with Crippen LogP contribution in [-0.2, 0) is 0 Å². The maximum atomic E-state index is 5.02. The third-order valence-corrected chi connectivity index (χ3v) is 7.00. The minimum absolute atomic E-state index is 0.412.